The van der Waals surface area contributed by atoms with Crippen molar-refractivity contribution in [2.45, 2.75) is 38.8 Å². The molecule has 5 nitrogen and oxygen atoms in total. The minimum Gasteiger partial charge on any atom is -0.338 e. The van der Waals surface area contributed by atoms with Crippen LogP contribution in [0.2, 0.25) is 0 Å². The third kappa shape index (κ3) is 6.93. The van der Waals surface area contributed by atoms with Crippen LogP contribution in [0.5, 0.6) is 0 Å². The van der Waals surface area contributed by atoms with Gasteiger partial charge in [0, 0.05) is 43.0 Å². The van der Waals surface area contributed by atoms with Crippen LogP contribution in [0.15, 0.2) is 54.7 Å². The van der Waals surface area contributed by atoms with Crippen molar-refractivity contribution in [3.05, 3.63) is 66.0 Å². The molecule has 1 heterocycles. The van der Waals surface area contributed by atoms with E-state index in [-0.39, 0.29) is 17.6 Å². The van der Waals surface area contributed by atoms with Gasteiger partial charge in [0.05, 0.1) is 0 Å². The summed E-state index contributed by atoms with van der Waals surface area (Å²) in [6.45, 7) is 7.40. The Morgan fingerprint density at radius 2 is 1.80 bits per heavy atom. The van der Waals surface area contributed by atoms with Gasteiger partial charge in [0.2, 0.25) is 0 Å². The maximum absolute atomic E-state index is 12.0. The molecule has 0 bridgehead atoms. The standard InChI is InChI=1S/C20H28N4O/c1-16(17-9-5-4-6-10-17)24-20(2,3)15-23-19(25)22-14-12-18-11-7-8-13-21-18/h4-11,13,16,24H,12,14-15H2,1-3H3,(H2,22,23,25). The molecule has 1 atom stereocenters. The van der Waals surface area contributed by atoms with Crippen LogP contribution in [0.1, 0.15) is 38.1 Å². The summed E-state index contributed by atoms with van der Waals surface area (Å²) in [7, 11) is 0. The topological polar surface area (TPSA) is 66.0 Å². The van der Waals surface area contributed by atoms with E-state index in [1.54, 1.807) is 6.20 Å². The number of amides is 2. The fourth-order valence-corrected chi connectivity index (χ4v) is 2.68. The van der Waals surface area contributed by atoms with Gasteiger partial charge in [-0.2, -0.15) is 0 Å². The van der Waals surface area contributed by atoms with Crippen molar-refractivity contribution in [1.82, 2.24) is 20.9 Å². The Hall–Kier alpha value is -2.40. The van der Waals surface area contributed by atoms with Crippen molar-refractivity contribution in [3.8, 4) is 0 Å². The molecule has 2 aromatic rings. The van der Waals surface area contributed by atoms with E-state index in [9.17, 15) is 4.79 Å². The number of hydrogen-bond acceptors (Lipinski definition) is 3. The number of rotatable bonds is 8. The lowest BCUT2D eigenvalue weighted by atomic mass is 10.0. The summed E-state index contributed by atoms with van der Waals surface area (Å²) in [6.07, 6.45) is 2.48. The van der Waals surface area contributed by atoms with Gasteiger partial charge in [-0.25, -0.2) is 4.79 Å². The molecule has 0 saturated carbocycles. The molecule has 1 unspecified atom stereocenters. The van der Waals surface area contributed by atoms with Crippen LogP contribution in [0, 0.1) is 0 Å². The summed E-state index contributed by atoms with van der Waals surface area (Å²) in [5.41, 5.74) is 1.99. The highest BCUT2D eigenvalue weighted by atomic mass is 16.2. The smallest absolute Gasteiger partial charge is 0.314 e. The molecule has 134 valence electrons. The lowest BCUT2D eigenvalue weighted by molar-refractivity contribution is 0.235. The normalized spacial score (nSPS) is 12.4. The predicted molar refractivity (Wildman–Crippen MR) is 101 cm³/mol. The number of nitrogens with zero attached hydrogens (tertiary/aromatic N) is 1. The molecule has 3 N–H and O–H groups in total. The molecule has 0 saturated heterocycles. The Balaban J connectivity index is 1.70. The summed E-state index contributed by atoms with van der Waals surface area (Å²) in [5.74, 6) is 0. The first-order valence-electron chi connectivity index (χ1n) is 8.70. The maximum atomic E-state index is 12.0. The van der Waals surface area contributed by atoms with E-state index in [1.807, 2.05) is 36.4 Å². The number of pyridine rings is 1. The van der Waals surface area contributed by atoms with Gasteiger partial charge in [0.15, 0.2) is 0 Å². The zero-order valence-electron chi connectivity index (χ0n) is 15.3. The molecule has 0 aliphatic heterocycles. The van der Waals surface area contributed by atoms with E-state index in [0.717, 1.165) is 12.1 Å². The largest absolute Gasteiger partial charge is 0.338 e. The number of carbonyl (C=O) groups excluding carboxylic acids is 1. The number of carbonyl (C=O) groups is 1. The van der Waals surface area contributed by atoms with Crippen LogP contribution in [-0.2, 0) is 6.42 Å². The number of benzene rings is 1. The van der Waals surface area contributed by atoms with E-state index in [0.29, 0.717) is 13.1 Å². The Bertz CT molecular complexity index is 643. The van der Waals surface area contributed by atoms with Crippen molar-refractivity contribution >= 4 is 6.03 Å². The van der Waals surface area contributed by atoms with Crippen molar-refractivity contribution in [3.63, 3.8) is 0 Å². The number of aromatic nitrogens is 1. The van der Waals surface area contributed by atoms with Crippen LogP contribution in [0.3, 0.4) is 0 Å². The molecular weight excluding hydrogens is 312 g/mol. The molecule has 2 rings (SSSR count). The second-order valence-electron chi connectivity index (χ2n) is 6.84. The van der Waals surface area contributed by atoms with E-state index >= 15 is 0 Å². The summed E-state index contributed by atoms with van der Waals surface area (Å²) in [5, 5.41) is 9.36. The second kappa shape index (κ2) is 9.18. The summed E-state index contributed by atoms with van der Waals surface area (Å²) in [6, 6.07) is 16.1. The second-order valence-corrected chi connectivity index (χ2v) is 6.84. The Labute approximate surface area is 150 Å². The van der Waals surface area contributed by atoms with Gasteiger partial charge in [-0.3, -0.25) is 4.98 Å². The molecule has 0 aliphatic rings. The molecule has 0 aliphatic carbocycles. The highest BCUT2D eigenvalue weighted by Crippen LogP contribution is 2.15. The fraction of sp³-hybridized carbons (Fsp3) is 0.400. The Morgan fingerprint density at radius 1 is 1.08 bits per heavy atom. The average Bonchev–Trinajstić information content (AvgIpc) is 2.61. The summed E-state index contributed by atoms with van der Waals surface area (Å²) in [4.78, 5) is 16.2. The molecule has 1 aromatic carbocycles. The van der Waals surface area contributed by atoms with E-state index in [4.69, 9.17) is 0 Å². The van der Waals surface area contributed by atoms with Crippen molar-refractivity contribution in [2.24, 2.45) is 0 Å². The Kier molecular flexibility index (Phi) is 6.95. The van der Waals surface area contributed by atoms with Gasteiger partial charge in [-0.15, -0.1) is 0 Å². The van der Waals surface area contributed by atoms with Crippen LogP contribution in [0.4, 0.5) is 4.79 Å². The third-order valence-corrected chi connectivity index (χ3v) is 3.99. The van der Waals surface area contributed by atoms with Crippen LogP contribution >= 0.6 is 0 Å². The molecular formula is C20H28N4O. The van der Waals surface area contributed by atoms with Gasteiger partial charge >= 0.3 is 6.03 Å². The minimum absolute atomic E-state index is 0.154. The third-order valence-electron chi connectivity index (χ3n) is 3.99. The molecule has 25 heavy (non-hydrogen) atoms. The predicted octanol–water partition coefficient (Wildman–Crippen LogP) is 3.05. The average molecular weight is 340 g/mol. The first-order chi connectivity index (χ1) is 12.0. The molecule has 0 radical (unpaired) electrons. The fourth-order valence-electron chi connectivity index (χ4n) is 2.68. The quantitative estimate of drug-likeness (QED) is 0.692. The number of urea groups is 1. The van der Waals surface area contributed by atoms with Gasteiger partial charge < -0.3 is 16.0 Å². The van der Waals surface area contributed by atoms with Crippen molar-refractivity contribution in [1.29, 1.82) is 0 Å². The van der Waals surface area contributed by atoms with E-state index in [2.05, 4.69) is 53.8 Å². The van der Waals surface area contributed by atoms with Gasteiger partial charge in [0.1, 0.15) is 0 Å². The SMILES string of the molecule is CC(NC(C)(C)CNC(=O)NCCc1ccccn1)c1ccccc1. The Morgan fingerprint density at radius 3 is 2.48 bits per heavy atom. The van der Waals surface area contributed by atoms with Crippen molar-refractivity contribution < 1.29 is 4.79 Å². The number of nitrogens with one attached hydrogen (secondary N) is 3. The number of hydrogen-bond donors (Lipinski definition) is 3. The van der Waals surface area contributed by atoms with Crippen LogP contribution < -0.4 is 16.0 Å². The van der Waals surface area contributed by atoms with E-state index < -0.39 is 0 Å². The highest BCUT2D eigenvalue weighted by molar-refractivity contribution is 5.73. The molecule has 5 heteroatoms. The van der Waals surface area contributed by atoms with Crippen LogP contribution in [-0.4, -0.2) is 29.6 Å². The van der Waals surface area contributed by atoms with Gasteiger partial charge in [-0.1, -0.05) is 36.4 Å². The molecule has 0 fully saturated rings. The highest BCUT2D eigenvalue weighted by Gasteiger charge is 2.21. The first kappa shape index (κ1) is 18.9. The maximum Gasteiger partial charge on any atom is 0.314 e. The summed E-state index contributed by atoms with van der Waals surface area (Å²) < 4.78 is 0. The zero-order valence-corrected chi connectivity index (χ0v) is 15.3. The minimum atomic E-state index is -0.215. The summed E-state index contributed by atoms with van der Waals surface area (Å²) >= 11 is 0. The molecule has 1 aromatic heterocycles. The lowest BCUT2D eigenvalue weighted by Gasteiger charge is -2.30. The first-order valence-corrected chi connectivity index (χ1v) is 8.70. The van der Waals surface area contributed by atoms with E-state index in [1.165, 1.54) is 5.56 Å². The zero-order chi connectivity index (χ0) is 18.1. The molecule has 0 spiro atoms. The lowest BCUT2D eigenvalue weighted by Crippen LogP contribution is -2.51. The monoisotopic (exact) mass is 340 g/mol. The van der Waals surface area contributed by atoms with Crippen molar-refractivity contribution in [2.75, 3.05) is 13.1 Å². The van der Waals surface area contributed by atoms with Gasteiger partial charge in [0.25, 0.3) is 0 Å². The van der Waals surface area contributed by atoms with Crippen LogP contribution in [0.25, 0.3) is 0 Å². The molecule has 2 amide bonds. The van der Waals surface area contributed by atoms with Gasteiger partial charge in [-0.05, 0) is 38.5 Å².